The fraction of sp³-hybridized carbons (Fsp3) is 0.400. The van der Waals surface area contributed by atoms with Crippen LogP contribution in [0.5, 0.6) is 0 Å². The third-order valence-electron chi connectivity index (χ3n) is 5.83. The monoisotopic (exact) mass is 402 g/mol. The van der Waals surface area contributed by atoms with Gasteiger partial charge in [0.05, 0.1) is 33.7 Å². The number of nitrogens with zero attached hydrogens (tertiary/aromatic N) is 4. The van der Waals surface area contributed by atoms with Gasteiger partial charge in [0.25, 0.3) is 0 Å². The summed E-state index contributed by atoms with van der Waals surface area (Å²) >= 11 is 12.8. The fourth-order valence-electron chi connectivity index (χ4n) is 4.68. The molecule has 2 aliphatic heterocycles. The zero-order valence-corrected chi connectivity index (χ0v) is 16.2. The number of aromatic nitrogens is 3. The molecular weight excluding hydrogens is 383 g/mol. The molecule has 2 unspecified atom stereocenters. The molecule has 2 saturated heterocycles. The van der Waals surface area contributed by atoms with Crippen LogP contribution < -0.4 is 4.90 Å². The lowest BCUT2D eigenvalue weighted by Crippen LogP contribution is -2.54. The predicted octanol–water partition coefficient (Wildman–Crippen LogP) is 4.61. The van der Waals surface area contributed by atoms with Crippen molar-refractivity contribution in [3.05, 3.63) is 47.0 Å². The third-order valence-corrected chi connectivity index (χ3v) is 6.63. The van der Waals surface area contributed by atoms with Crippen molar-refractivity contribution in [2.24, 2.45) is 0 Å². The first-order valence-electron chi connectivity index (χ1n) is 9.35. The number of anilines is 1. The van der Waals surface area contributed by atoms with Gasteiger partial charge in [-0.1, -0.05) is 23.2 Å². The molecule has 2 bridgehead atoms. The molecule has 5 rings (SSSR count). The maximum absolute atomic E-state index is 10.2. The zero-order valence-electron chi connectivity index (χ0n) is 14.7. The van der Waals surface area contributed by atoms with Gasteiger partial charge in [-0.2, -0.15) is 0 Å². The van der Waals surface area contributed by atoms with Crippen LogP contribution in [-0.2, 0) is 0 Å². The molecule has 4 heterocycles. The number of hydrogen-bond donors (Lipinski definition) is 1. The molecule has 7 heteroatoms. The molecule has 2 aromatic heterocycles. The van der Waals surface area contributed by atoms with Gasteiger partial charge >= 0.3 is 0 Å². The summed E-state index contributed by atoms with van der Waals surface area (Å²) in [5.74, 6) is 0.900. The highest BCUT2D eigenvalue weighted by atomic mass is 35.5. The molecule has 140 valence electrons. The largest absolute Gasteiger partial charge is 0.393 e. The van der Waals surface area contributed by atoms with Crippen molar-refractivity contribution in [2.45, 2.75) is 50.3 Å². The standard InChI is InChI=1S/C20H20Cl2N4O/c21-16-5-4-15-17(25-7-6-23-11-25)10-18(24-20(15)19(16)22)26-12-2-1-3-13(26)9-14(27)8-12/h4-7,10-14,27H,1-3,8-9H2. The Morgan fingerprint density at radius 1 is 1.11 bits per heavy atom. The Morgan fingerprint density at radius 3 is 2.59 bits per heavy atom. The quantitative estimate of drug-likeness (QED) is 0.679. The SMILES string of the molecule is OC1CC2CCCC(C1)N2c1cc(-n2ccnc2)c2ccc(Cl)c(Cl)c2n1. The van der Waals surface area contributed by atoms with Gasteiger partial charge in [-0.25, -0.2) is 9.97 Å². The van der Waals surface area contributed by atoms with Crippen molar-refractivity contribution in [1.29, 1.82) is 0 Å². The number of rotatable bonds is 2. The second-order valence-electron chi connectivity index (χ2n) is 7.50. The first-order valence-corrected chi connectivity index (χ1v) is 10.1. The van der Waals surface area contributed by atoms with E-state index < -0.39 is 0 Å². The molecule has 2 atom stereocenters. The minimum atomic E-state index is -0.219. The van der Waals surface area contributed by atoms with Crippen LogP contribution >= 0.6 is 23.2 Å². The summed E-state index contributed by atoms with van der Waals surface area (Å²) in [6, 6.07) is 6.49. The van der Waals surface area contributed by atoms with Crippen LogP contribution in [0.3, 0.4) is 0 Å². The Hall–Kier alpha value is -1.82. The van der Waals surface area contributed by atoms with E-state index in [9.17, 15) is 5.11 Å². The summed E-state index contributed by atoms with van der Waals surface area (Å²) < 4.78 is 1.98. The van der Waals surface area contributed by atoms with Gasteiger partial charge in [0.1, 0.15) is 5.82 Å². The minimum Gasteiger partial charge on any atom is -0.393 e. The van der Waals surface area contributed by atoms with E-state index >= 15 is 0 Å². The Kier molecular flexibility index (Phi) is 4.26. The second kappa shape index (κ2) is 6.66. The van der Waals surface area contributed by atoms with Crippen LogP contribution in [0.1, 0.15) is 32.1 Å². The van der Waals surface area contributed by atoms with Gasteiger partial charge in [-0.3, -0.25) is 0 Å². The highest BCUT2D eigenvalue weighted by molar-refractivity contribution is 6.45. The molecular formula is C20H20Cl2N4O. The van der Waals surface area contributed by atoms with Gasteiger partial charge in [0.15, 0.2) is 0 Å². The maximum Gasteiger partial charge on any atom is 0.131 e. The van der Waals surface area contributed by atoms with Gasteiger partial charge in [-0.05, 0) is 44.2 Å². The van der Waals surface area contributed by atoms with Crippen LogP contribution in [-0.4, -0.2) is 37.8 Å². The maximum atomic E-state index is 10.2. The summed E-state index contributed by atoms with van der Waals surface area (Å²) in [6.07, 6.45) is 10.2. The molecule has 1 aromatic carbocycles. The molecule has 0 spiro atoms. The van der Waals surface area contributed by atoms with Gasteiger partial charge < -0.3 is 14.6 Å². The molecule has 27 heavy (non-hydrogen) atoms. The number of fused-ring (bicyclic) bond motifs is 3. The number of halogens is 2. The van der Waals surface area contributed by atoms with E-state index in [-0.39, 0.29) is 6.10 Å². The first-order chi connectivity index (χ1) is 13.1. The molecule has 5 nitrogen and oxygen atoms in total. The smallest absolute Gasteiger partial charge is 0.131 e. The molecule has 3 aromatic rings. The summed E-state index contributed by atoms with van der Waals surface area (Å²) in [4.78, 5) is 11.5. The first kappa shape index (κ1) is 17.3. The Bertz CT molecular complexity index is 977. The Morgan fingerprint density at radius 2 is 1.89 bits per heavy atom. The average Bonchev–Trinajstić information content (AvgIpc) is 3.18. The molecule has 0 radical (unpaired) electrons. The van der Waals surface area contributed by atoms with Gasteiger partial charge in [0, 0.05) is 35.9 Å². The lowest BCUT2D eigenvalue weighted by atomic mass is 9.83. The number of aliphatic hydroxyl groups is 1. The number of hydrogen-bond acceptors (Lipinski definition) is 4. The average molecular weight is 403 g/mol. The predicted molar refractivity (Wildman–Crippen MR) is 108 cm³/mol. The van der Waals surface area contributed by atoms with E-state index in [1.54, 1.807) is 18.6 Å². The van der Waals surface area contributed by atoms with Crippen molar-refractivity contribution < 1.29 is 5.11 Å². The molecule has 1 N–H and O–H groups in total. The molecule has 0 saturated carbocycles. The summed E-state index contributed by atoms with van der Waals surface area (Å²) in [5, 5.41) is 12.1. The molecule has 0 amide bonds. The number of benzene rings is 1. The van der Waals surface area contributed by atoms with E-state index in [0.717, 1.165) is 42.6 Å². The fourth-order valence-corrected chi connectivity index (χ4v) is 5.04. The van der Waals surface area contributed by atoms with E-state index in [4.69, 9.17) is 28.2 Å². The summed E-state index contributed by atoms with van der Waals surface area (Å²) in [7, 11) is 0. The van der Waals surface area contributed by atoms with Crippen molar-refractivity contribution in [1.82, 2.24) is 14.5 Å². The van der Waals surface area contributed by atoms with Crippen molar-refractivity contribution in [3.8, 4) is 5.69 Å². The van der Waals surface area contributed by atoms with Crippen LogP contribution in [0.2, 0.25) is 10.0 Å². The van der Waals surface area contributed by atoms with E-state index in [1.807, 2.05) is 16.8 Å². The molecule has 2 fully saturated rings. The molecule has 0 aliphatic carbocycles. The zero-order chi connectivity index (χ0) is 18.5. The lowest BCUT2D eigenvalue weighted by Gasteiger charge is -2.48. The Labute approximate surface area is 167 Å². The Balaban J connectivity index is 1.72. The van der Waals surface area contributed by atoms with Crippen LogP contribution in [0, 0.1) is 0 Å². The lowest BCUT2D eigenvalue weighted by molar-refractivity contribution is 0.0924. The van der Waals surface area contributed by atoms with Crippen LogP contribution in [0.4, 0.5) is 5.82 Å². The molecule has 2 aliphatic rings. The van der Waals surface area contributed by atoms with E-state index in [1.165, 1.54) is 6.42 Å². The number of piperidine rings is 2. The highest BCUT2D eigenvalue weighted by Crippen LogP contribution is 2.40. The normalized spacial score (nSPS) is 25.1. The van der Waals surface area contributed by atoms with Gasteiger partial charge in [0.2, 0.25) is 0 Å². The minimum absolute atomic E-state index is 0.219. The van der Waals surface area contributed by atoms with Crippen molar-refractivity contribution >= 4 is 39.9 Å². The second-order valence-corrected chi connectivity index (χ2v) is 8.28. The topological polar surface area (TPSA) is 54.2 Å². The van der Waals surface area contributed by atoms with E-state index in [2.05, 4.69) is 16.0 Å². The van der Waals surface area contributed by atoms with Crippen LogP contribution in [0.25, 0.3) is 16.6 Å². The van der Waals surface area contributed by atoms with Crippen molar-refractivity contribution in [2.75, 3.05) is 4.90 Å². The third kappa shape index (κ3) is 2.89. The number of pyridine rings is 1. The van der Waals surface area contributed by atoms with Gasteiger partial charge in [-0.15, -0.1) is 0 Å². The number of imidazole rings is 1. The highest BCUT2D eigenvalue weighted by Gasteiger charge is 2.38. The van der Waals surface area contributed by atoms with Crippen molar-refractivity contribution in [3.63, 3.8) is 0 Å². The summed E-state index contributed by atoms with van der Waals surface area (Å²) in [6.45, 7) is 0. The number of aliphatic hydroxyl groups excluding tert-OH is 1. The van der Waals surface area contributed by atoms with E-state index in [0.29, 0.717) is 27.6 Å². The summed E-state index contributed by atoms with van der Waals surface area (Å²) in [5.41, 5.74) is 1.69. The van der Waals surface area contributed by atoms with Crippen LogP contribution in [0.15, 0.2) is 36.9 Å².